The van der Waals surface area contributed by atoms with Crippen molar-refractivity contribution in [2.24, 2.45) is 0 Å². The number of aromatic nitrogens is 1. The summed E-state index contributed by atoms with van der Waals surface area (Å²) < 4.78 is 10.9. The standard InChI is InChI=1S/C13H11BrN2O4/c1-8-4-12(16-20-8)15-13(18)7-19-11-3-2-10(14)5-9(11)6-17/h2-6H,7H2,1H3,(H,15,16,18). The Balaban J connectivity index is 1.95. The normalized spacial score (nSPS) is 10.1. The lowest BCUT2D eigenvalue weighted by Gasteiger charge is -2.08. The molecule has 0 radical (unpaired) electrons. The smallest absolute Gasteiger partial charge is 0.263 e. The maximum atomic E-state index is 11.6. The highest BCUT2D eigenvalue weighted by atomic mass is 79.9. The molecule has 6 nitrogen and oxygen atoms in total. The SMILES string of the molecule is Cc1cc(NC(=O)COc2ccc(Br)cc2C=O)no1. The lowest BCUT2D eigenvalue weighted by atomic mass is 10.2. The molecule has 2 aromatic rings. The van der Waals surface area contributed by atoms with Gasteiger partial charge in [0.1, 0.15) is 11.5 Å². The number of anilines is 1. The molecule has 0 aliphatic heterocycles. The second-order valence-electron chi connectivity index (χ2n) is 3.96. The number of hydrogen-bond donors (Lipinski definition) is 1. The molecule has 104 valence electrons. The van der Waals surface area contributed by atoms with Crippen LogP contribution in [0.15, 0.2) is 33.3 Å². The minimum absolute atomic E-state index is 0.228. The van der Waals surface area contributed by atoms with Crippen molar-refractivity contribution in [1.82, 2.24) is 5.16 Å². The van der Waals surface area contributed by atoms with Crippen LogP contribution in [0.4, 0.5) is 5.82 Å². The van der Waals surface area contributed by atoms with E-state index in [9.17, 15) is 9.59 Å². The second kappa shape index (κ2) is 6.33. The van der Waals surface area contributed by atoms with E-state index in [0.717, 1.165) is 4.47 Å². The molecule has 0 aliphatic rings. The maximum absolute atomic E-state index is 11.6. The third kappa shape index (κ3) is 3.67. The van der Waals surface area contributed by atoms with Gasteiger partial charge in [-0.3, -0.25) is 9.59 Å². The highest BCUT2D eigenvalue weighted by Crippen LogP contribution is 2.21. The Bertz CT molecular complexity index is 639. The first-order valence-corrected chi connectivity index (χ1v) is 6.48. The van der Waals surface area contributed by atoms with Crippen molar-refractivity contribution < 1.29 is 18.8 Å². The Hall–Kier alpha value is -2.15. The summed E-state index contributed by atoms with van der Waals surface area (Å²) in [7, 11) is 0. The first kappa shape index (κ1) is 14.3. The molecular formula is C13H11BrN2O4. The molecule has 1 heterocycles. The number of nitrogens with one attached hydrogen (secondary N) is 1. The second-order valence-corrected chi connectivity index (χ2v) is 4.88. The first-order chi connectivity index (χ1) is 9.58. The number of rotatable bonds is 5. The summed E-state index contributed by atoms with van der Waals surface area (Å²) in [5.41, 5.74) is 0.365. The number of carbonyl (C=O) groups excluding carboxylic acids is 2. The van der Waals surface area contributed by atoms with E-state index in [-0.39, 0.29) is 6.61 Å². The zero-order chi connectivity index (χ0) is 14.5. The molecule has 1 aromatic carbocycles. The highest BCUT2D eigenvalue weighted by molar-refractivity contribution is 9.10. The van der Waals surface area contributed by atoms with Crippen molar-refractivity contribution >= 4 is 33.9 Å². The van der Waals surface area contributed by atoms with Gasteiger partial charge in [-0.25, -0.2) is 0 Å². The van der Waals surface area contributed by atoms with Crippen LogP contribution in [-0.2, 0) is 4.79 Å². The van der Waals surface area contributed by atoms with Crippen molar-refractivity contribution in [3.63, 3.8) is 0 Å². The van der Waals surface area contributed by atoms with Gasteiger partial charge < -0.3 is 14.6 Å². The van der Waals surface area contributed by atoms with Gasteiger partial charge in [0.15, 0.2) is 18.7 Å². The van der Waals surface area contributed by atoms with Crippen LogP contribution >= 0.6 is 15.9 Å². The van der Waals surface area contributed by atoms with Gasteiger partial charge in [0.25, 0.3) is 5.91 Å². The zero-order valence-electron chi connectivity index (χ0n) is 10.6. The van der Waals surface area contributed by atoms with Crippen LogP contribution in [0.5, 0.6) is 5.75 Å². The predicted octanol–water partition coefficient (Wildman–Crippen LogP) is 2.58. The monoisotopic (exact) mass is 338 g/mol. The molecular weight excluding hydrogens is 328 g/mol. The molecule has 0 spiro atoms. The molecule has 1 amide bonds. The summed E-state index contributed by atoms with van der Waals surface area (Å²) in [4.78, 5) is 22.5. The summed E-state index contributed by atoms with van der Waals surface area (Å²) in [6.07, 6.45) is 0.666. The van der Waals surface area contributed by atoms with Crippen LogP contribution in [0.25, 0.3) is 0 Å². The third-order valence-corrected chi connectivity index (χ3v) is 2.85. The number of aldehydes is 1. The number of halogens is 1. The minimum Gasteiger partial charge on any atom is -0.483 e. The molecule has 0 unspecified atom stereocenters. The summed E-state index contributed by atoms with van der Waals surface area (Å²) >= 11 is 3.25. The molecule has 0 bridgehead atoms. The van der Waals surface area contributed by atoms with E-state index in [1.54, 1.807) is 31.2 Å². The van der Waals surface area contributed by atoms with Crippen LogP contribution in [-0.4, -0.2) is 24.0 Å². The minimum atomic E-state index is -0.391. The van der Waals surface area contributed by atoms with Gasteiger partial charge in [-0.1, -0.05) is 21.1 Å². The Kier molecular flexibility index (Phi) is 4.52. The van der Waals surface area contributed by atoms with Gasteiger partial charge in [-0.2, -0.15) is 0 Å². The number of ether oxygens (including phenoxy) is 1. The van der Waals surface area contributed by atoms with E-state index in [2.05, 4.69) is 26.4 Å². The van der Waals surface area contributed by atoms with Gasteiger partial charge in [0.05, 0.1) is 5.56 Å². The molecule has 1 N–H and O–H groups in total. The van der Waals surface area contributed by atoms with E-state index < -0.39 is 5.91 Å². The number of nitrogens with zero attached hydrogens (tertiary/aromatic N) is 1. The largest absolute Gasteiger partial charge is 0.483 e. The molecule has 0 saturated heterocycles. The summed E-state index contributed by atoms with van der Waals surface area (Å²) in [6, 6.07) is 6.54. The highest BCUT2D eigenvalue weighted by Gasteiger charge is 2.09. The van der Waals surface area contributed by atoms with Crippen molar-refractivity contribution in [3.05, 3.63) is 40.1 Å². The van der Waals surface area contributed by atoms with Crippen molar-refractivity contribution in [2.45, 2.75) is 6.92 Å². The van der Waals surface area contributed by atoms with E-state index in [1.165, 1.54) is 0 Å². The van der Waals surface area contributed by atoms with Gasteiger partial charge in [0, 0.05) is 10.5 Å². The van der Waals surface area contributed by atoms with E-state index in [0.29, 0.717) is 29.2 Å². The lowest BCUT2D eigenvalue weighted by molar-refractivity contribution is -0.118. The Morgan fingerprint density at radius 2 is 2.30 bits per heavy atom. The Labute approximate surface area is 123 Å². The quantitative estimate of drug-likeness (QED) is 0.847. The fourth-order valence-electron chi connectivity index (χ4n) is 1.49. The van der Waals surface area contributed by atoms with Crippen molar-refractivity contribution in [2.75, 3.05) is 11.9 Å². The van der Waals surface area contributed by atoms with Crippen LogP contribution in [0.1, 0.15) is 16.1 Å². The third-order valence-electron chi connectivity index (χ3n) is 2.35. The topological polar surface area (TPSA) is 81.4 Å². The van der Waals surface area contributed by atoms with Crippen LogP contribution < -0.4 is 10.1 Å². The van der Waals surface area contributed by atoms with E-state index in [1.807, 2.05) is 0 Å². The molecule has 0 fully saturated rings. The zero-order valence-corrected chi connectivity index (χ0v) is 12.1. The molecule has 0 saturated carbocycles. The fraction of sp³-hybridized carbons (Fsp3) is 0.154. The van der Waals surface area contributed by atoms with Crippen LogP contribution in [0, 0.1) is 6.92 Å². The van der Waals surface area contributed by atoms with Gasteiger partial charge in [0.2, 0.25) is 0 Å². The van der Waals surface area contributed by atoms with Crippen molar-refractivity contribution in [3.8, 4) is 5.75 Å². The molecule has 0 atom stereocenters. The molecule has 0 aliphatic carbocycles. The molecule has 20 heavy (non-hydrogen) atoms. The Morgan fingerprint density at radius 1 is 1.50 bits per heavy atom. The number of aryl methyl sites for hydroxylation is 1. The number of hydrogen-bond acceptors (Lipinski definition) is 5. The van der Waals surface area contributed by atoms with Gasteiger partial charge >= 0.3 is 0 Å². The molecule has 1 aromatic heterocycles. The van der Waals surface area contributed by atoms with E-state index >= 15 is 0 Å². The van der Waals surface area contributed by atoms with Crippen LogP contribution in [0.3, 0.4) is 0 Å². The fourth-order valence-corrected chi connectivity index (χ4v) is 1.87. The van der Waals surface area contributed by atoms with Gasteiger partial charge in [-0.15, -0.1) is 0 Å². The van der Waals surface area contributed by atoms with Crippen LogP contribution in [0.2, 0.25) is 0 Å². The van der Waals surface area contributed by atoms with Crippen molar-refractivity contribution in [1.29, 1.82) is 0 Å². The number of carbonyl (C=O) groups is 2. The van der Waals surface area contributed by atoms with Gasteiger partial charge in [-0.05, 0) is 25.1 Å². The lowest BCUT2D eigenvalue weighted by Crippen LogP contribution is -2.20. The summed E-state index contributed by atoms with van der Waals surface area (Å²) in [5.74, 6) is 0.868. The summed E-state index contributed by atoms with van der Waals surface area (Å²) in [6.45, 7) is 1.49. The number of amides is 1. The predicted molar refractivity (Wildman–Crippen MR) is 74.9 cm³/mol. The first-order valence-electron chi connectivity index (χ1n) is 5.69. The maximum Gasteiger partial charge on any atom is 0.263 e. The average molecular weight is 339 g/mol. The molecule has 7 heteroatoms. The summed E-state index contributed by atoms with van der Waals surface area (Å²) in [5, 5.41) is 6.15. The molecule has 2 rings (SSSR count). The number of benzene rings is 1. The average Bonchev–Trinajstić information content (AvgIpc) is 2.82. The Morgan fingerprint density at radius 3 is 2.95 bits per heavy atom. The van der Waals surface area contributed by atoms with E-state index in [4.69, 9.17) is 9.26 Å².